The molecule has 0 saturated carbocycles. The maximum absolute atomic E-state index is 13.0. The highest BCUT2D eigenvalue weighted by atomic mass is 16.3. The number of piperidine rings is 1. The molecule has 2 aromatic rings. The SMILES string of the molecule is CN1CCC(CNC(=O)N(Cc2ccco2)Cc2ccco2)(N(C)C)CC1. The minimum absolute atomic E-state index is 0.0107. The number of likely N-dealkylation sites (tertiary alicyclic amines) is 1. The minimum atomic E-state index is -0.108. The van der Waals surface area contributed by atoms with Gasteiger partial charge in [-0.2, -0.15) is 0 Å². The maximum atomic E-state index is 13.0. The fourth-order valence-electron chi connectivity index (χ4n) is 3.55. The van der Waals surface area contributed by atoms with E-state index >= 15 is 0 Å². The molecule has 148 valence electrons. The van der Waals surface area contributed by atoms with Crippen LogP contribution in [0.3, 0.4) is 0 Å². The van der Waals surface area contributed by atoms with Crippen LogP contribution in [0.5, 0.6) is 0 Å². The molecule has 1 N–H and O–H groups in total. The van der Waals surface area contributed by atoms with Gasteiger partial charge in [-0.3, -0.25) is 0 Å². The molecule has 7 nitrogen and oxygen atoms in total. The zero-order valence-corrected chi connectivity index (χ0v) is 16.5. The van der Waals surface area contributed by atoms with Crippen molar-refractivity contribution in [2.24, 2.45) is 0 Å². The summed E-state index contributed by atoms with van der Waals surface area (Å²) in [4.78, 5) is 19.3. The van der Waals surface area contributed by atoms with Gasteiger partial charge in [0.1, 0.15) is 11.5 Å². The highest BCUT2D eigenvalue weighted by Gasteiger charge is 2.36. The van der Waals surface area contributed by atoms with Crippen LogP contribution in [0, 0.1) is 0 Å². The van der Waals surface area contributed by atoms with E-state index in [1.165, 1.54) is 0 Å². The lowest BCUT2D eigenvalue weighted by molar-refractivity contribution is 0.0658. The van der Waals surface area contributed by atoms with E-state index in [0.717, 1.165) is 37.5 Å². The van der Waals surface area contributed by atoms with Crippen LogP contribution in [0.1, 0.15) is 24.4 Å². The number of furan rings is 2. The quantitative estimate of drug-likeness (QED) is 0.807. The summed E-state index contributed by atoms with van der Waals surface area (Å²) in [6.07, 6.45) is 5.32. The smallest absolute Gasteiger partial charge is 0.318 e. The van der Waals surface area contributed by atoms with Gasteiger partial charge in [-0.05, 0) is 71.3 Å². The van der Waals surface area contributed by atoms with E-state index in [4.69, 9.17) is 8.83 Å². The Morgan fingerprint density at radius 2 is 1.67 bits per heavy atom. The Labute approximate surface area is 160 Å². The molecule has 2 amide bonds. The summed E-state index contributed by atoms with van der Waals surface area (Å²) in [5, 5.41) is 3.16. The lowest BCUT2D eigenvalue weighted by Crippen LogP contribution is -2.58. The molecular weight excluding hydrogens is 344 g/mol. The molecule has 0 aromatic carbocycles. The van der Waals surface area contributed by atoms with E-state index in [1.54, 1.807) is 17.4 Å². The van der Waals surface area contributed by atoms with Crippen molar-refractivity contribution in [2.45, 2.75) is 31.5 Å². The molecule has 1 saturated heterocycles. The number of amides is 2. The highest BCUT2D eigenvalue weighted by molar-refractivity contribution is 5.74. The van der Waals surface area contributed by atoms with Crippen molar-refractivity contribution in [3.8, 4) is 0 Å². The van der Waals surface area contributed by atoms with Crippen LogP contribution in [0.15, 0.2) is 45.6 Å². The molecule has 3 rings (SSSR count). The molecule has 2 aromatic heterocycles. The second kappa shape index (κ2) is 8.63. The third kappa shape index (κ3) is 4.93. The van der Waals surface area contributed by atoms with Crippen molar-refractivity contribution in [1.29, 1.82) is 0 Å². The number of likely N-dealkylation sites (N-methyl/N-ethyl adjacent to an activating group) is 1. The van der Waals surface area contributed by atoms with Gasteiger partial charge < -0.3 is 28.9 Å². The van der Waals surface area contributed by atoms with Crippen molar-refractivity contribution < 1.29 is 13.6 Å². The van der Waals surface area contributed by atoms with E-state index in [1.807, 2.05) is 24.3 Å². The van der Waals surface area contributed by atoms with Gasteiger partial charge in [0.05, 0.1) is 25.6 Å². The van der Waals surface area contributed by atoms with Crippen molar-refractivity contribution in [3.63, 3.8) is 0 Å². The molecule has 3 heterocycles. The van der Waals surface area contributed by atoms with Gasteiger partial charge >= 0.3 is 6.03 Å². The molecule has 7 heteroatoms. The molecule has 1 fully saturated rings. The minimum Gasteiger partial charge on any atom is -0.467 e. The van der Waals surface area contributed by atoms with Crippen molar-refractivity contribution in [3.05, 3.63) is 48.3 Å². The normalized spacial score (nSPS) is 17.2. The van der Waals surface area contributed by atoms with Crippen LogP contribution in [-0.4, -0.2) is 67.0 Å². The van der Waals surface area contributed by atoms with Crippen LogP contribution < -0.4 is 5.32 Å². The van der Waals surface area contributed by atoms with Gasteiger partial charge in [0.15, 0.2) is 0 Å². The molecule has 0 unspecified atom stereocenters. The molecule has 1 aliphatic heterocycles. The van der Waals surface area contributed by atoms with Crippen LogP contribution in [-0.2, 0) is 13.1 Å². The van der Waals surface area contributed by atoms with E-state index in [0.29, 0.717) is 19.6 Å². The highest BCUT2D eigenvalue weighted by Crippen LogP contribution is 2.26. The fourth-order valence-corrected chi connectivity index (χ4v) is 3.55. The lowest BCUT2D eigenvalue weighted by atomic mass is 9.86. The Hall–Kier alpha value is -2.25. The van der Waals surface area contributed by atoms with Gasteiger partial charge in [0.2, 0.25) is 0 Å². The van der Waals surface area contributed by atoms with E-state index in [-0.39, 0.29) is 11.6 Å². The number of hydrogen-bond acceptors (Lipinski definition) is 5. The summed E-state index contributed by atoms with van der Waals surface area (Å²) in [7, 11) is 6.34. The first-order valence-corrected chi connectivity index (χ1v) is 9.42. The number of nitrogens with zero attached hydrogens (tertiary/aromatic N) is 3. The molecule has 27 heavy (non-hydrogen) atoms. The van der Waals surface area contributed by atoms with Crippen molar-refractivity contribution in [1.82, 2.24) is 20.0 Å². The van der Waals surface area contributed by atoms with Crippen molar-refractivity contribution >= 4 is 6.03 Å². The summed E-state index contributed by atoms with van der Waals surface area (Å²) in [6.45, 7) is 3.50. The van der Waals surface area contributed by atoms with Gasteiger partial charge in [-0.25, -0.2) is 4.79 Å². The third-order valence-corrected chi connectivity index (χ3v) is 5.58. The monoisotopic (exact) mass is 374 g/mol. The Morgan fingerprint density at radius 3 is 2.11 bits per heavy atom. The standard InChI is InChI=1S/C20H30N4O3/c1-22(2)20(8-10-23(3)11-9-20)16-21-19(25)24(14-17-6-4-12-26-17)15-18-7-5-13-27-18/h4-7,12-13H,8-11,14-16H2,1-3H3,(H,21,25). The predicted molar refractivity (Wildman–Crippen MR) is 103 cm³/mol. The first-order valence-electron chi connectivity index (χ1n) is 9.42. The molecule has 0 aliphatic carbocycles. The molecule has 0 bridgehead atoms. The van der Waals surface area contributed by atoms with E-state index in [9.17, 15) is 4.79 Å². The number of rotatable bonds is 7. The molecule has 0 atom stereocenters. The molecule has 0 spiro atoms. The number of nitrogens with one attached hydrogen (secondary N) is 1. The van der Waals surface area contributed by atoms with Crippen LogP contribution in [0.2, 0.25) is 0 Å². The molecular formula is C20H30N4O3. The maximum Gasteiger partial charge on any atom is 0.318 e. The zero-order chi connectivity index (χ0) is 19.3. The second-order valence-corrected chi connectivity index (χ2v) is 7.60. The zero-order valence-electron chi connectivity index (χ0n) is 16.5. The van der Waals surface area contributed by atoms with Crippen molar-refractivity contribution in [2.75, 3.05) is 40.8 Å². The summed E-state index contributed by atoms with van der Waals surface area (Å²) in [5.41, 5.74) is -0.0107. The predicted octanol–water partition coefficient (Wildman–Crippen LogP) is 2.61. The molecule has 1 aliphatic rings. The average Bonchev–Trinajstić information content (AvgIpc) is 3.34. The number of carbonyl (C=O) groups is 1. The Kier molecular flexibility index (Phi) is 6.23. The number of urea groups is 1. The summed E-state index contributed by atoms with van der Waals surface area (Å²) < 4.78 is 10.9. The van der Waals surface area contributed by atoms with Gasteiger partial charge in [-0.1, -0.05) is 0 Å². The first-order chi connectivity index (χ1) is 13.0. The summed E-state index contributed by atoms with van der Waals surface area (Å²) >= 11 is 0. The average molecular weight is 374 g/mol. The third-order valence-electron chi connectivity index (χ3n) is 5.58. The van der Waals surface area contributed by atoms with E-state index < -0.39 is 0 Å². The summed E-state index contributed by atoms with van der Waals surface area (Å²) in [6, 6.07) is 7.31. The van der Waals surface area contributed by atoms with Crippen LogP contribution in [0.25, 0.3) is 0 Å². The van der Waals surface area contributed by atoms with Gasteiger partial charge in [0, 0.05) is 12.1 Å². The second-order valence-electron chi connectivity index (χ2n) is 7.60. The lowest BCUT2D eigenvalue weighted by Gasteiger charge is -2.45. The molecule has 0 radical (unpaired) electrons. The Morgan fingerprint density at radius 1 is 1.11 bits per heavy atom. The summed E-state index contributed by atoms with van der Waals surface area (Å²) in [5.74, 6) is 1.50. The van der Waals surface area contributed by atoms with Crippen LogP contribution in [0.4, 0.5) is 4.79 Å². The topological polar surface area (TPSA) is 65.1 Å². The van der Waals surface area contributed by atoms with E-state index in [2.05, 4.69) is 36.3 Å². The fraction of sp³-hybridized carbons (Fsp3) is 0.550. The number of hydrogen-bond donors (Lipinski definition) is 1. The number of carbonyl (C=O) groups excluding carboxylic acids is 1. The Bertz CT molecular complexity index is 653. The largest absolute Gasteiger partial charge is 0.467 e. The van der Waals surface area contributed by atoms with Gasteiger partial charge in [0.25, 0.3) is 0 Å². The van der Waals surface area contributed by atoms with Gasteiger partial charge in [-0.15, -0.1) is 0 Å². The first kappa shape index (κ1) is 19.5. The Balaban J connectivity index is 1.65. The van der Waals surface area contributed by atoms with Crippen LogP contribution >= 0.6 is 0 Å².